The van der Waals surface area contributed by atoms with Crippen molar-refractivity contribution in [2.24, 2.45) is 11.3 Å². The highest BCUT2D eigenvalue weighted by Crippen LogP contribution is 2.29. The summed E-state index contributed by atoms with van der Waals surface area (Å²) in [4.78, 5) is 0. The highest BCUT2D eigenvalue weighted by atomic mass is 14.2. The highest BCUT2D eigenvalue weighted by molar-refractivity contribution is 4.91. The first kappa shape index (κ1) is 9.74. The van der Waals surface area contributed by atoms with Gasteiger partial charge in [-0.15, -0.1) is 6.58 Å². The first-order valence-electron chi connectivity index (χ1n) is 3.98. The van der Waals surface area contributed by atoms with Gasteiger partial charge in [0.25, 0.3) is 0 Å². The van der Waals surface area contributed by atoms with Crippen LogP contribution in [0.25, 0.3) is 0 Å². The quantitative estimate of drug-likeness (QED) is 0.514. The third-order valence-corrected chi connectivity index (χ3v) is 2.13. The van der Waals surface area contributed by atoms with Crippen LogP contribution < -0.4 is 0 Å². The molecule has 10 heavy (non-hydrogen) atoms. The molecule has 0 saturated carbocycles. The molecule has 0 aromatic carbocycles. The van der Waals surface area contributed by atoms with Gasteiger partial charge in [0.1, 0.15) is 0 Å². The second kappa shape index (κ2) is 3.23. The minimum atomic E-state index is 0.430. The number of allylic oxidation sites excluding steroid dienone is 1. The van der Waals surface area contributed by atoms with Crippen LogP contribution in [-0.2, 0) is 0 Å². The van der Waals surface area contributed by atoms with Crippen molar-refractivity contribution in [3.63, 3.8) is 0 Å². The molecule has 0 radical (unpaired) electrons. The van der Waals surface area contributed by atoms with Gasteiger partial charge in [-0.2, -0.15) is 0 Å². The molecule has 0 nitrogen and oxygen atoms in total. The molecule has 60 valence electrons. The lowest BCUT2D eigenvalue weighted by Crippen LogP contribution is -2.17. The number of hydrogen-bond donors (Lipinski definition) is 0. The summed E-state index contributed by atoms with van der Waals surface area (Å²) in [6.45, 7) is 15.1. The molecule has 0 rings (SSSR count). The van der Waals surface area contributed by atoms with Crippen molar-refractivity contribution in [1.29, 1.82) is 0 Å². The van der Waals surface area contributed by atoms with Gasteiger partial charge in [-0.1, -0.05) is 33.3 Å². The van der Waals surface area contributed by atoms with Crippen LogP contribution in [0, 0.1) is 11.3 Å². The monoisotopic (exact) mass is 140 g/mol. The van der Waals surface area contributed by atoms with Crippen LogP contribution in [-0.4, -0.2) is 0 Å². The predicted molar refractivity (Wildman–Crippen MR) is 48.1 cm³/mol. The summed E-state index contributed by atoms with van der Waals surface area (Å²) in [5.41, 5.74) is 1.72. The predicted octanol–water partition coefficient (Wildman–Crippen LogP) is 3.63. The van der Waals surface area contributed by atoms with Crippen molar-refractivity contribution in [2.75, 3.05) is 0 Å². The van der Waals surface area contributed by atoms with E-state index in [9.17, 15) is 0 Å². The van der Waals surface area contributed by atoms with Gasteiger partial charge in [0.05, 0.1) is 0 Å². The Kier molecular flexibility index (Phi) is 3.14. The summed E-state index contributed by atoms with van der Waals surface area (Å²) in [5.74, 6) is 0.741. The zero-order chi connectivity index (χ0) is 8.36. The number of hydrogen-bond acceptors (Lipinski definition) is 0. The molecular formula is C10H20. The summed E-state index contributed by atoms with van der Waals surface area (Å²) in [5, 5.41) is 0. The molecule has 0 aliphatic rings. The Labute approximate surface area is 65.3 Å². The van der Waals surface area contributed by atoms with Gasteiger partial charge in [0.15, 0.2) is 0 Å². The van der Waals surface area contributed by atoms with Crippen molar-refractivity contribution in [3.05, 3.63) is 12.2 Å². The van der Waals surface area contributed by atoms with E-state index in [1.807, 2.05) is 0 Å². The Morgan fingerprint density at radius 1 is 1.40 bits per heavy atom. The minimum Gasteiger partial charge on any atom is -0.100 e. The molecule has 0 bridgehead atoms. The van der Waals surface area contributed by atoms with E-state index in [0.717, 1.165) is 12.3 Å². The first-order chi connectivity index (χ1) is 4.34. The highest BCUT2D eigenvalue weighted by Gasteiger charge is 2.19. The van der Waals surface area contributed by atoms with Crippen LogP contribution in [0.1, 0.15) is 41.0 Å². The summed E-state index contributed by atoms with van der Waals surface area (Å²) >= 11 is 0. The Morgan fingerprint density at radius 2 is 1.80 bits per heavy atom. The lowest BCUT2D eigenvalue weighted by atomic mass is 9.79. The second-order valence-corrected chi connectivity index (χ2v) is 4.43. The first-order valence-corrected chi connectivity index (χ1v) is 3.98. The molecule has 0 aliphatic heterocycles. The van der Waals surface area contributed by atoms with Gasteiger partial charge in [0, 0.05) is 0 Å². The molecule has 0 saturated heterocycles. The zero-order valence-corrected chi connectivity index (χ0v) is 7.99. The molecule has 0 heteroatoms. The van der Waals surface area contributed by atoms with Gasteiger partial charge >= 0.3 is 0 Å². The number of rotatable bonds is 2. The van der Waals surface area contributed by atoms with Crippen LogP contribution in [0.3, 0.4) is 0 Å². The topological polar surface area (TPSA) is 0 Å². The summed E-state index contributed by atoms with van der Waals surface area (Å²) in [6, 6.07) is 0. The van der Waals surface area contributed by atoms with E-state index in [1.165, 1.54) is 5.57 Å². The van der Waals surface area contributed by atoms with Crippen molar-refractivity contribution < 1.29 is 0 Å². The van der Waals surface area contributed by atoms with E-state index >= 15 is 0 Å². The van der Waals surface area contributed by atoms with Crippen molar-refractivity contribution >= 4 is 0 Å². The van der Waals surface area contributed by atoms with Gasteiger partial charge in [-0.3, -0.25) is 0 Å². The molecule has 0 amide bonds. The molecule has 0 aromatic rings. The second-order valence-electron chi connectivity index (χ2n) is 4.43. The summed E-state index contributed by atoms with van der Waals surface area (Å²) < 4.78 is 0. The largest absolute Gasteiger partial charge is 0.100 e. The Morgan fingerprint density at radius 3 is 1.90 bits per heavy atom. The fourth-order valence-corrected chi connectivity index (χ4v) is 0.829. The third-order valence-electron chi connectivity index (χ3n) is 2.13. The molecule has 0 aliphatic carbocycles. The molecule has 0 N–H and O–H groups in total. The standard InChI is InChI=1S/C10H20/c1-8(2)7-9(3)10(4,5)6/h9H,1,7H2,2-6H3. The van der Waals surface area contributed by atoms with E-state index in [1.54, 1.807) is 0 Å². The van der Waals surface area contributed by atoms with E-state index in [-0.39, 0.29) is 0 Å². The van der Waals surface area contributed by atoms with Crippen LogP contribution in [0.4, 0.5) is 0 Å². The van der Waals surface area contributed by atoms with Crippen LogP contribution >= 0.6 is 0 Å². The summed E-state index contributed by atoms with van der Waals surface area (Å²) in [6.07, 6.45) is 1.16. The maximum Gasteiger partial charge on any atom is -0.0295 e. The molecule has 0 fully saturated rings. The SMILES string of the molecule is C=C(C)CC(C)C(C)(C)C. The molecular weight excluding hydrogens is 120 g/mol. The Hall–Kier alpha value is -0.260. The van der Waals surface area contributed by atoms with Gasteiger partial charge < -0.3 is 0 Å². The van der Waals surface area contributed by atoms with Crippen LogP contribution in [0.2, 0.25) is 0 Å². The van der Waals surface area contributed by atoms with E-state index in [4.69, 9.17) is 0 Å². The molecule has 0 spiro atoms. The average molecular weight is 140 g/mol. The van der Waals surface area contributed by atoms with Crippen LogP contribution in [0.5, 0.6) is 0 Å². The van der Waals surface area contributed by atoms with E-state index in [0.29, 0.717) is 5.41 Å². The summed E-state index contributed by atoms with van der Waals surface area (Å²) in [7, 11) is 0. The fraction of sp³-hybridized carbons (Fsp3) is 0.800. The smallest absolute Gasteiger partial charge is 0.0295 e. The van der Waals surface area contributed by atoms with Gasteiger partial charge in [-0.05, 0) is 24.7 Å². The van der Waals surface area contributed by atoms with Gasteiger partial charge in [0.2, 0.25) is 0 Å². The molecule has 0 heterocycles. The van der Waals surface area contributed by atoms with Crippen molar-refractivity contribution in [2.45, 2.75) is 41.0 Å². The van der Waals surface area contributed by atoms with E-state index in [2.05, 4.69) is 41.2 Å². The van der Waals surface area contributed by atoms with E-state index < -0.39 is 0 Å². The molecule has 1 unspecified atom stereocenters. The van der Waals surface area contributed by atoms with Crippen LogP contribution in [0.15, 0.2) is 12.2 Å². The third kappa shape index (κ3) is 3.71. The Balaban J connectivity index is 3.85. The lowest BCUT2D eigenvalue weighted by molar-refractivity contribution is 0.260. The normalized spacial score (nSPS) is 14.9. The zero-order valence-electron chi connectivity index (χ0n) is 7.99. The fourth-order valence-electron chi connectivity index (χ4n) is 0.829. The van der Waals surface area contributed by atoms with Crippen molar-refractivity contribution in [3.8, 4) is 0 Å². The Bertz CT molecular complexity index is 114. The van der Waals surface area contributed by atoms with Gasteiger partial charge in [-0.25, -0.2) is 0 Å². The molecule has 0 aromatic heterocycles. The minimum absolute atomic E-state index is 0.430. The maximum absolute atomic E-state index is 3.91. The lowest BCUT2D eigenvalue weighted by Gasteiger charge is -2.27. The maximum atomic E-state index is 3.91. The molecule has 1 atom stereocenters. The van der Waals surface area contributed by atoms with Crippen molar-refractivity contribution in [1.82, 2.24) is 0 Å². The average Bonchev–Trinajstić information content (AvgIpc) is 1.60.